The molecule has 1 N–H and O–H groups in total. The van der Waals surface area contributed by atoms with Crippen LogP contribution >= 0.6 is 15.9 Å². The third-order valence-electron chi connectivity index (χ3n) is 2.43. The molecule has 3 aromatic rings. The highest BCUT2D eigenvalue weighted by molar-refractivity contribution is 9.10. The molecule has 0 unspecified atom stereocenters. The van der Waals surface area contributed by atoms with Crippen molar-refractivity contribution < 1.29 is 9.63 Å². The summed E-state index contributed by atoms with van der Waals surface area (Å²) in [6.45, 7) is 0. The molecule has 0 radical (unpaired) electrons. The van der Waals surface area contributed by atoms with E-state index in [-0.39, 0.29) is 5.75 Å². The van der Waals surface area contributed by atoms with Gasteiger partial charge in [-0.3, -0.25) is 0 Å². The minimum absolute atomic E-state index is 0.110. The van der Waals surface area contributed by atoms with Crippen LogP contribution in [0.3, 0.4) is 0 Å². The van der Waals surface area contributed by atoms with Crippen molar-refractivity contribution in [1.29, 1.82) is 0 Å². The monoisotopic (exact) mass is 318 g/mol. The quantitative estimate of drug-likeness (QED) is 0.781. The van der Waals surface area contributed by atoms with Crippen LogP contribution in [0.15, 0.2) is 45.8 Å². The van der Waals surface area contributed by atoms with E-state index in [9.17, 15) is 5.11 Å². The van der Waals surface area contributed by atoms with E-state index in [1.807, 2.05) is 0 Å². The van der Waals surface area contributed by atoms with Gasteiger partial charge in [-0.1, -0.05) is 5.16 Å². The number of hydrogen-bond acceptors (Lipinski definition) is 6. The molecule has 0 bridgehead atoms. The Balaban J connectivity index is 1.99. The lowest BCUT2D eigenvalue weighted by molar-refractivity contribution is 0.431. The second-order valence-electron chi connectivity index (χ2n) is 3.68. The fraction of sp³-hybridized carbons (Fsp3) is 0. The van der Waals surface area contributed by atoms with Gasteiger partial charge in [-0.2, -0.15) is 4.98 Å². The van der Waals surface area contributed by atoms with E-state index in [1.165, 1.54) is 6.33 Å². The van der Waals surface area contributed by atoms with E-state index in [0.29, 0.717) is 27.4 Å². The van der Waals surface area contributed by atoms with Gasteiger partial charge in [-0.15, -0.1) is 0 Å². The lowest BCUT2D eigenvalue weighted by Gasteiger charge is -1.98. The van der Waals surface area contributed by atoms with Crippen LogP contribution in [-0.4, -0.2) is 25.2 Å². The van der Waals surface area contributed by atoms with E-state index in [1.54, 1.807) is 30.5 Å². The SMILES string of the molecule is Oc1cc(-c2nc(-c3ccncn3)no2)ccc1Br. The molecular formula is C12H7BrN4O2. The Morgan fingerprint density at radius 2 is 2.11 bits per heavy atom. The normalized spacial score (nSPS) is 10.6. The molecule has 0 saturated carbocycles. The summed E-state index contributed by atoms with van der Waals surface area (Å²) in [5, 5.41) is 13.5. The Morgan fingerprint density at radius 1 is 1.21 bits per heavy atom. The first-order valence-electron chi connectivity index (χ1n) is 5.33. The number of benzene rings is 1. The standard InChI is InChI=1S/C12H7BrN4O2/c13-8-2-1-7(5-10(8)18)12-16-11(17-19-12)9-3-4-14-6-15-9/h1-6,18H. The highest BCUT2D eigenvalue weighted by Gasteiger charge is 2.12. The van der Waals surface area contributed by atoms with Crippen molar-refractivity contribution in [3.8, 4) is 28.7 Å². The fourth-order valence-electron chi connectivity index (χ4n) is 1.51. The summed E-state index contributed by atoms with van der Waals surface area (Å²) in [6, 6.07) is 6.70. The molecular weight excluding hydrogens is 312 g/mol. The highest BCUT2D eigenvalue weighted by atomic mass is 79.9. The zero-order chi connectivity index (χ0) is 13.2. The molecule has 94 valence electrons. The van der Waals surface area contributed by atoms with E-state index in [4.69, 9.17) is 4.52 Å². The van der Waals surface area contributed by atoms with Crippen molar-refractivity contribution in [3.05, 3.63) is 41.3 Å². The zero-order valence-corrected chi connectivity index (χ0v) is 11.1. The van der Waals surface area contributed by atoms with E-state index in [2.05, 4.69) is 36.0 Å². The number of halogens is 1. The molecule has 0 atom stereocenters. The van der Waals surface area contributed by atoms with Gasteiger partial charge < -0.3 is 9.63 Å². The van der Waals surface area contributed by atoms with E-state index >= 15 is 0 Å². The average molecular weight is 319 g/mol. The van der Waals surface area contributed by atoms with Crippen LogP contribution in [0.4, 0.5) is 0 Å². The van der Waals surface area contributed by atoms with Crippen LogP contribution in [0.1, 0.15) is 0 Å². The second kappa shape index (κ2) is 4.77. The van der Waals surface area contributed by atoms with Gasteiger partial charge in [0, 0.05) is 11.8 Å². The zero-order valence-electron chi connectivity index (χ0n) is 9.49. The maximum atomic E-state index is 9.63. The predicted molar refractivity (Wildman–Crippen MR) is 70.1 cm³/mol. The molecule has 2 heterocycles. The maximum absolute atomic E-state index is 9.63. The molecule has 6 nitrogen and oxygen atoms in total. The summed E-state index contributed by atoms with van der Waals surface area (Å²) in [6.07, 6.45) is 3.01. The molecule has 1 aromatic carbocycles. The van der Waals surface area contributed by atoms with E-state index < -0.39 is 0 Å². The topological polar surface area (TPSA) is 84.9 Å². The van der Waals surface area contributed by atoms with Gasteiger partial charge in [0.1, 0.15) is 17.8 Å². The van der Waals surface area contributed by atoms with Gasteiger partial charge in [0.15, 0.2) is 0 Å². The third kappa shape index (κ3) is 2.32. The van der Waals surface area contributed by atoms with Crippen molar-refractivity contribution >= 4 is 15.9 Å². The van der Waals surface area contributed by atoms with Gasteiger partial charge in [0.2, 0.25) is 5.82 Å². The average Bonchev–Trinajstić information content (AvgIpc) is 2.93. The lowest BCUT2D eigenvalue weighted by Crippen LogP contribution is -1.86. The highest BCUT2D eigenvalue weighted by Crippen LogP contribution is 2.29. The molecule has 0 fully saturated rings. The Morgan fingerprint density at radius 3 is 2.84 bits per heavy atom. The number of phenols is 1. The van der Waals surface area contributed by atoms with Crippen LogP contribution in [0.2, 0.25) is 0 Å². The number of aromatic nitrogens is 4. The minimum atomic E-state index is 0.110. The summed E-state index contributed by atoms with van der Waals surface area (Å²) in [5.41, 5.74) is 1.21. The van der Waals surface area contributed by atoms with Gasteiger partial charge in [-0.25, -0.2) is 9.97 Å². The molecule has 3 rings (SSSR count). The fourth-order valence-corrected chi connectivity index (χ4v) is 1.76. The summed E-state index contributed by atoms with van der Waals surface area (Å²) < 4.78 is 5.76. The summed E-state index contributed by atoms with van der Waals surface area (Å²) >= 11 is 3.21. The van der Waals surface area contributed by atoms with Gasteiger partial charge in [0.25, 0.3) is 5.89 Å². The second-order valence-corrected chi connectivity index (χ2v) is 4.54. The van der Waals surface area contributed by atoms with Crippen molar-refractivity contribution in [2.75, 3.05) is 0 Å². The first-order valence-corrected chi connectivity index (χ1v) is 6.12. The van der Waals surface area contributed by atoms with Gasteiger partial charge >= 0.3 is 0 Å². The van der Waals surface area contributed by atoms with Crippen LogP contribution in [-0.2, 0) is 0 Å². The number of aromatic hydroxyl groups is 1. The number of hydrogen-bond donors (Lipinski definition) is 1. The third-order valence-corrected chi connectivity index (χ3v) is 3.10. The maximum Gasteiger partial charge on any atom is 0.258 e. The first kappa shape index (κ1) is 11.8. The van der Waals surface area contributed by atoms with Gasteiger partial charge in [-0.05, 0) is 40.2 Å². The molecule has 0 amide bonds. The van der Waals surface area contributed by atoms with Crippen molar-refractivity contribution in [3.63, 3.8) is 0 Å². The van der Waals surface area contributed by atoms with Crippen LogP contribution in [0, 0.1) is 0 Å². The molecule has 0 aliphatic carbocycles. The molecule has 0 aliphatic rings. The number of rotatable bonds is 2. The summed E-state index contributed by atoms with van der Waals surface area (Å²) in [7, 11) is 0. The predicted octanol–water partition coefficient (Wildman–Crippen LogP) is 2.66. The smallest absolute Gasteiger partial charge is 0.258 e. The Labute approximate surface area is 116 Å². The minimum Gasteiger partial charge on any atom is -0.507 e. The molecule has 0 spiro atoms. The number of nitrogens with zero attached hydrogens (tertiary/aromatic N) is 4. The van der Waals surface area contributed by atoms with Crippen LogP contribution < -0.4 is 0 Å². The molecule has 19 heavy (non-hydrogen) atoms. The van der Waals surface area contributed by atoms with Crippen LogP contribution in [0.5, 0.6) is 5.75 Å². The first-order chi connectivity index (χ1) is 9.24. The van der Waals surface area contributed by atoms with Crippen LogP contribution in [0.25, 0.3) is 23.0 Å². The summed E-state index contributed by atoms with van der Waals surface area (Å²) in [4.78, 5) is 12.1. The Kier molecular flexibility index (Phi) is 2.96. The Hall–Kier alpha value is -2.28. The Bertz CT molecular complexity index is 715. The molecule has 0 aliphatic heterocycles. The van der Waals surface area contributed by atoms with Crippen molar-refractivity contribution in [2.24, 2.45) is 0 Å². The largest absolute Gasteiger partial charge is 0.507 e. The number of phenolic OH excluding ortho intramolecular Hbond substituents is 1. The lowest BCUT2D eigenvalue weighted by atomic mass is 10.2. The van der Waals surface area contributed by atoms with Gasteiger partial charge in [0.05, 0.1) is 4.47 Å². The van der Waals surface area contributed by atoms with Crippen molar-refractivity contribution in [2.45, 2.75) is 0 Å². The molecule has 7 heteroatoms. The van der Waals surface area contributed by atoms with Crippen molar-refractivity contribution in [1.82, 2.24) is 20.1 Å². The summed E-state index contributed by atoms with van der Waals surface area (Å²) in [5.74, 6) is 0.801. The molecule has 0 saturated heterocycles. The van der Waals surface area contributed by atoms with E-state index in [0.717, 1.165) is 0 Å². The molecule has 2 aromatic heterocycles.